The van der Waals surface area contributed by atoms with Gasteiger partial charge in [0.1, 0.15) is 6.10 Å². The number of nitrogens with one attached hydrogen (secondary N) is 1. The Labute approximate surface area is 298 Å². The van der Waals surface area contributed by atoms with Gasteiger partial charge in [0.15, 0.2) is 11.6 Å². The fraction of sp³-hybridized carbons (Fsp3) is 0.579. The smallest absolute Gasteiger partial charge is 0.306 e. The van der Waals surface area contributed by atoms with Crippen LogP contribution in [-0.2, 0) is 33.9 Å². The Morgan fingerprint density at radius 2 is 1.88 bits per heavy atom. The minimum atomic E-state index is -3.86. The molecule has 4 bridgehead atoms. The number of aromatic nitrogens is 1. The number of hydrogen-bond acceptors (Lipinski definition) is 10. The number of Topliss-reactive ketones (excluding diaryl/α,β-unsaturated/α-hetero) is 2. The largest absolute Gasteiger partial charge is 0.472 e. The summed E-state index contributed by atoms with van der Waals surface area (Å²) in [5.41, 5.74) is -1.47. The third-order valence-electron chi connectivity index (χ3n) is 10.8. The van der Waals surface area contributed by atoms with Gasteiger partial charge in [0, 0.05) is 36.4 Å². The maximum Gasteiger partial charge on any atom is 0.306 e. The van der Waals surface area contributed by atoms with E-state index in [2.05, 4.69) is 16.3 Å². The lowest BCUT2D eigenvalue weighted by atomic mass is 9.77. The number of fused-ring (bicyclic) bond motifs is 3. The van der Waals surface area contributed by atoms with Crippen molar-refractivity contribution in [1.82, 2.24) is 14.6 Å². The number of sulfonamides is 1. The summed E-state index contributed by atoms with van der Waals surface area (Å²) in [7, 11) is -3.86. The van der Waals surface area contributed by atoms with Crippen LogP contribution >= 0.6 is 0 Å². The predicted molar refractivity (Wildman–Crippen MR) is 188 cm³/mol. The number of esters is 1. The first-order valence-electron chi connectivity index (χ1n) is 17.9. The lowest BCUT2D eigenvalue weighted by Crippen LogP contribution is -2.48. The van der Waals surface area contributed by atoms with E-state index >= 15 is 0 Å². The molecule has 1 saturated heterocycles. The van der Waals surface area contributed by atoms with Crippen LogP contribution in [0.4, 0.5) is 0 Å². The van der Waals surface area contributed by atoms with E-state index in [4.69, 9.17) is 9.47 Å². The van der Waals surface area contributed by atoms with Gasteiger partial charge in [-0.3, -0.25) is 28.7 Å². The van der Waals surface area contributed by atoms with E-state index in [1.54, 1.807) is 24.4 Å². The lowest BCUT2D eigenvalue weighted by Gasteiger charge is -2.34. The summed E-state index contributed by atoms with van der Waals surface area (Å²) >= 11 is 0. The minimum absolute atomic E-state index is 0.00764. The van der Waals surface area contributed by atoms with E-state index in [1.165, 1.54) is 4.90 Å². The summed E-state index contributed by atoms with van der Waals surface area (Å²) in [5, 5.41) is 0.819. The molecule has 0 spiro atoms. The van der Waals surface area contributed by atoms with Crippen molar-refractivity contribution in [3.8, 4) is 5.88 Å². The molecule has 13 heteroatoms. The number of rotatable bonds is 7. The van der Waals surface area contributed by atoms with E-state index < -0.39 is 73.7 Å². The number of cyclic esters (lactones) is 1. The Morgan fingerprint density at radius 3 is 2.57 bits per heavy atom. The van der Waals surface area contributed by atoms with Crippen LogP contribution in [-0.4, -0.2) is 78.2 Å². The average Bonchev–Trinajstić information content (AvgIpc) is 4.00. The topological polar surface area (TPSA) is 166 Å². The van der Waals surface area contributed by atoms with Crippen molar-refractivity contribution in [3.05, 3.63) is 48.7 Å². The standard InChI is InChI=1S/C38H47N3O9S/c1-5-25-20-38(25,36(46)40-51(47,48)27-12-13-27)21-32(43)30-18-26-22-41(30)35(45)29(37(2,3)4)19-33(44)49-16-8-6-7-9-31(42)24-11-10-23-14-15-39-34(50-26)28(23)17-24/h5,10-11,14-15,17,25-27,29-30H,1,6-9,12-13,16,18-22H2,2-4H3,(H,40,46)/t25-,26+,29-,30?,38-/m1/s1. The number of allylic oxidation sites excluding steroid dienone is 1. The van der Waals surface area contributed by atoms with Gasteiger partial charge in [-0.1, -0.05) is 39.0 Å². The molecule has 5 atom stereocenters. The molecule has 2 aliphatic carbocycles. The van der Waals surface area contributed by atoms with Crippen LogP contribution in [0.25, 0.3) is 10.8 Å². The number of ketones is 2. The van der Waals surface area contributed by atoms with Crippen LogP contribution in [0, 0.1) is 22.7 Å². The Kier molecular flexibility index (Phi) is 10.1. The SMILES string of the molecule is C=C[C@@H]1C[C@]1(CC(=O)C1C[C@H]2CN1C(=O)[C@H](C(C)(C)C)CC(=O)OCCCCCC(=O)c1ccc3ccnc(c3c1)O2)C(=O)NS(=O)(=O)C1CC1. The van der Waals surface area contributed by atoms with Crippen molar-refractivity contribution in [2.24, 2.45) is 22.7 Å². The van der Waals surface area contributed by atoms with Gasteiger partial charge in [0.25, 0.3) is 0 Å². The van der Waals surface area contributed by atoms with E-state index in [0.717, 1.165) is 5.39 Å². The fourth-order valence-corrected chi connectivity index (χ4v) is 8.78. The van der Waals surface area contributed by atoms with Gasteiger partial charge in [-0.05, 0) is 67.4 Å². The highest BCUT2D eigenvalue weighted by Gasteiger charge is 2.61. The highest BCUT2D eigenvalue weighted by atomic mass is 32.2. The maximum absolute atomic E-state index is 14.5. The summed E-state index contributed by atoms with van der Waals surface area (Å²) in [6, 6.07) is 6.16. The molecule has 1 N–H and O–H groups in total. The van der Waals surface area contributed by atoms with Crippen molar-refractivity contribution in [2.75, 3.05) is 13.2 Å². The zero-order valence-electron chi connectivity index (χ0n) is 29.5. The number of benzene rings is 1. The molecule has 12 nitrogen and oxygen atoms in total. The molecule has 0 radical (unpaired) electrons. The first-order chi connectivity index (χ1) is 24.1. The summed E-state index contributed by atoms with van der Waals surface area (Å²) in [6.07, 6.45) is 5.49. The van der Waals surface area contributed by atoms with Crippen LogP contribution < -0.4 is 9.46 Å². The molecule has 1 aromatic heterocycles. The van der Waals surface area contributed by atoms with Gasteiger partial charge >= 0.3 is 5.97 Å². The first kappa shape index (κ1) is 36.7. The molecular weight excluding hydrogens is 674 g/mol. The number of hydrogen-bond donors (Lipinski definition) is 1. The quantitative estimate of drug-likeness (QED) is 0.313. The van der Waals surface area contributed by atoms with Gasteiger partial charge in [-0.15, -0.1) is 6.58 Å². The second-order valence-corrected chi connectivity index (χ2v) is 17.6. The molecule has 1 aromatic carbocycles. The molecule has 1 unspecified atom stereocenters. The summed E-state index contributed by atoms with van der Waals surface area (Å²) in [5.74, 6) is -3.09. The Morgan fingerprint density at radius 1 is 1.12 bits per heavy atom. The predicted octanol–water partition coefficient (Wildman–Crippen LogP) is 4.70. The van der Waals surface area contributed by atoms with Crippen LogP contribution in [0.3, 0.4) is 0 Å². The highest BCUT2D eigenvalue weighted by Crippen LogP contribution is 2.57. The monoisotopic (exact) mass is 721 g/mol. The van der Waals surface area contributed by atoms with Gasteiger partial charge < -0.3 is 14.4 Å². The average molecular weight is 722 g/mol. The molecule has 2 aromatic rings. The number of nitrogens with zero attached hydrogens (tertiary/aromatic N) is 2. The first-order valence-corrected chi connectivity index (χ1v) is 19.4. The lowest BCUT2D eigenvalue weighted by molar-refractivity contribution is -0.153. The van der Waals surface area contributed by atoms with Crippen molar-refractivity contribution >= 4 is 50.1 Å². The zero-order valence-corrected chi connectivity index (χ0v) is 30.3. The number of carbonyl (C=O) groups is 5. The third kappa shape index (κ3) is 7.88. The van der Waals surface area contributed by atoms with Crippen molar-refractivity contribution in [3.63, 3.8) is 0 Å². The van der Waals surface area contributed by atoms with Crippen LogP contribution in [0.5, 0.6) is 5.88 Å². The molecule has 3 heterocycles. The van der Waals surface area contributed by atoms with E-state index in [0.29, 0.717) is 49.5 Å². The molecule has 274 valence electrons. The Balaban J connectivity index is 1.33. The third-order valence-corrected chi connectivity index (χ3v) is 12.7. The number of ether oxygens (including phenoxy) is 2. The van der Waals surface area contributed by atoms with Gasteiger partial charge in [-0.25, -0.2) is 13.4 Å². The summed E-state index contributed by atoms with van der Waals surface area (Å²) in [4.78, 5) is 74.4. The van der Waals surface area contributed by atoms with Crippen molar-refractivity contribution in [2.45, 2.75) is 102 Å². The zero-order chi connectivity index (χ0) is 36.7. The minimum Gasteiger partial charge on any atom is -0.472 e. The molecule has 51 heavy (non-hydrogen) atoms. The van der Waals surface area contributed by atoms with E-state index in [-0.39, 0.29) is 50.5 Å². The van der Waals surface area contributed by atoms with E-state index in [9.17, 15) is 32.4 Å². The fourth-order valence-electron chi connectivity index (χ4n) is 7.39. The van der Waals surface area contributed by atoms with Gasteiger partial charge in [0.05, 0.1) is 42.2 Å². The molecule has 3 fully saturated rings. The molecular formula is C38H47N3O9S. The summed E-state index contributed by atoms with van der Waals surface area (Å²) in [6.45, 7) is 9.53. The number of carbonyl (C=O) groups excluding carboxylic acids is 5. The molecule has 2 saturated carbocycles. The van der Waals surface area contributed by atoms with Crippen LogP contribution in [0.2, 0.25) is 0 Å². The maximum atomic E-state index is 14.5. The van der Waals surface area contributed by atoms with Gasteiger partial charge in [0.2, 0.25) is 27.7 Å². The molecule has 2 aliphatic heterocycles. The van der Waals surface area contributed by atoms with E-state index in [1.807, 2.05) is 32.9 Å². The molecule has 6 rings (SSSR count). The number of amides is 2. The second kappa shape index (κ2) is 14.1. The van der Waals surface area contributed by atoms with Crippen LogP contribution in [0.1, 0.15) is 95.3 Å². The normalized spacial score (nSPS) is 27.9. The Bertz CT molecular complexity index is 1860. The van der Waals surface area contributed by atoms with Crippen molar-refractivity contribution in [1.29, 1.82) is 0 Å². The van der Waals surface area contributed by atoms with Crippen LogP contribution in [0.15, 0.2) is 43.1 Å². The summed E-state index contributed by atoms with van der Waals surface area (Å²) < 4.78 is 39.6. The van der Waals surface area contributed by atoms with Crippen molar-refractivity contribution < 1.29 is 41.9 Å². The molecule has 2 amide bonds. The van der Waals surface area contributed by atoms with Gasteiger partial charge in [-0.2, -0.15) is 0 Å². The molecule has 4 aliphatic rings. The second-order valence-electron chi connectivity index (χ2n) is 15.6. The Hall–Kier alpha value is -4.13. The number of pyridine rings is 1. The highest BCUT2D eigenvalue weighted by molar-refractivity contribution is 7.90.